The Bertz CT molecular complexity index is 731. The minimum Gasteiger partial charge on any atom is -0.629 e. The van der Waals surface area contributed by atoms with Crippen LogP contribution in [0.15, 0.2) is 66.7 Å². The number of hydrogen-bond donors (Lipinski definition) is 1. The van der Waals surface area contributed by atoms with Gasteiger partial charge in [0.15, 0.2) is 0 Å². The second-order valence-corrected chi connectivity index (χ2v) is 4.85. The van der Waals surface area contributed by atoms with E-state index < -0.39 is 0 Å². The van der Waals surface area contributed by atoms with Crippen molar-refractivity contribution in [3.63, 3.8) is 0 Å². The molecule has 0 aliphatic carbocycles. The molecule has 1 N–H and O–H groups in total. The highest BCUT2D eigenvalue weighted by molar-refractivity contribution is 5.98. The van der Waals surface area contributed by atoms with Crippen LogP contribution in [0.5, 0.6) is 0 Å². The summed E-state index contributed by atoms with van der Waals surface area (Å²) in [5.41, 5.74) is 2.96. The van der Waals surface area contributed by atoms with Crippen molar-refractivity contribution in [3.05, 3.63) is 71.9 Å². The Labute approximate surface area is 118 Å². The molecular weight excluding hydrogens is 246 g/mol. The number of rotatable bonds is 3. The van der Waals surface area contributed by atoms with E-state index in [1.54, 1.807) is 0 Å². The molecule has 0 aliphatic rings. The molecule has 1 atom stereocenters. The molecule has 20 heavy (non-hydrogen) atoms. The lowest BCUT2D eigenvalue weighted by Crippen LogP contribution is -3.01. The van der Waals surface area contributed by atoms with Gasteiger partial charge in [0.25, 0.3) is 0 Å². The molecule has 2 heteroatoms. The zero-order valence-corrected chi connectivity index (χ0v) is 11.5. The Morgan fingerprint density at radius 1 is 0.800 bits per heavy atom. The minimum absolute atomic E-state index is 0.188. The van der Waals surface area contributed by atoms with E-state index in [1.165, 1.54) is 10.8 Å². The Morgan fingerprint density at radius 2 is 1.45 bits per heavy atom. The highest BCUT2D eigenvalue weighted by Crippen LogP contribution is 2.31. The van der Waals surface area contributed by atoms with Crippen molar-refractivity contribution in [2.45, 2.75) is 6.92 Å². The summed E-state index contributed by atoms with van der Waals surface area (Å²) in [6.07, 6.45) is 0. The second-order valence-electron chi connectivity index (χ2n) is 4.85. The molecule has 0 saturated carbocycles. The SMILES string of the molecule is CC[NH+]([O-])c1ccccc1-c1cccc2ccccc12. The highest BCUT2D eigenvalue weighted by Gasteiger charge is 2.12. The second kappa shape index (κ2) is 5.45. The average molecular weight is 263 g/mol. The van der Waals surface area contributed by atoms with Crippen LogP contribution < -0.4 is 5.06 Å². The fourth-order valence-corrected chi connectivity index (χ4v) is 2.61. The predicted molar refractivity (Wildman–Crippen MR) is 83.9 cm³/mol. The van der Waals surface area contributed by atoms with Gasteiger partial charge in [0.1, 0.15) is 5.69 Å². The molecule has 0 heterocycles. The largest absolute Gasteiger partial charge is 0.629 e. The normalized spacial score (nSPS) is 12.5. The summed E-state index contributed by atoms with van der Waals surface area (Å²) in [6, 6.07) is 22.4. The lowest BCUT2D eigenvalue weighted by atomic mass is 9.97. The zero-order chi connectivity index (χ0) is 13.9. The highest BCUT2D eigenvalue weighted by atomic mass is 16.5. The molecule has 0 radical (unpaired) electrons. The molecule has 2 nitrogen and oxygen atoms in total. The average Bonchev–Trinajstić information content (AvgIpc) is 2.53. The van der Waals surface area contributed by atoms with Gasteiger partial charge < -0.3 is 10.3 Å². The van der Waals surface area contributed by atoms with Crippen molar-refractivity contribution >= 4 is 16.5 Å². The maximum Gasteiger partial charge on any atom is 0.139 e. The van der Waals surface area contributed by atoms with Crippen LogP contribution in [-0.4, -0.2) is 6.54 Å². The number of hydroxylamine groups is 1. The smallest absolute Gasteiger partial charge is 0.139 e. The molecular formula is C18H17NO. The summed E-state index contributed by atoms with van der Waals surface area (Å²) < 4.78 is 0. The van der Waals surface area contributed by atoms with E-state index in [0.717, 1.165) is 16.8 Å². The van der Waals surface area contributed by atoms with E-state index >= 15 is 0 Å². The summed E-state index contributed by atoms with van der Waals surface area (Å²) in [4.78, 5) is 0. The summed E-state index contributed by atoms with van der Waals surface area (Å²) in [5, 5.41) is 14.7. The number of quaternary nitrogens is 1. The van der Waals surface area contributed by atoms with Gasteiger partial charge in [-0.25, -0.2) is 0 Å². The van der Waals surface area contributed by atoms with Crippen LogP contribution in [0.1, 0.15) is 6.92 Å². The molecule has 0 saturated heterocycles. The van der Waals surface area contributed by atoms with Crippen LogP contribution in [0.4, 0.5) is 5.69 Å². The number of hydrogen-bond acceptors (Lipinski definition) is 1. The van der Waals surface area contributed by atoms with Gasteiger partial charge in [-0.3, -0.25) is 0 Å². The van der Waals surface area contributed by atoms with E-state index in [0.29, 0.717) is 6.54 Å². The molecule has 0 bridgehead atoms. The summed E-state index contributed by atoms with van der Waals surface area (Å²) in [6.45, 7) is 2.43. The van der Waals surface area contributed by atoms with Gasteiger partial charge in [-0.15, -0.1) is 0 Å². The fraction of sp³-hybridized carbons (Fsp3) is 0.111. The van der Waals surface area contributed by atoms with Gasteiger partial charge in [-0.2, -0.15) is 0 Å². The lowest BCUT2D eigenvalue weighted by molar-refractivity contribution is -0.773. The first-order chi connectivity index (χ1) is 9.81. The number of para-hydroxylation sites is 1. The first-order valence-electron chi connectivity index (χ1n) is 6.91. The summed E-state index contributed by atoms with van der Waals surface area (Å²) >= 11 is 0. The molecule has 0 aliphatic heterocycles. The monoisotopic (exact) mass is 263 g/mol. The van der Waals surface area contributed by atoms with Crippen molar-refractivity contribution in [3.8, 4) is 11.1 Å². The first kappa shape index (κ1) is 12.9. The molecule has 3 rings (SSSR count). The van der Waals surface area contributed by atoms with Gasteiger partial charge in [0.2, 0.25) is 0 Å². The van der Waals surface area contributed by atoms with Crippen LogP contribution in [0.3, 0.4) is 0 Å². The Morgan fingerprint density at radius 3 is 2.30 bits per heavy atom. The van der Waals surface area contributed by atoms with Gasteiger partial charge in [-0.1, -0.05) is 54.6 Å². The molecule has 0 amide bonds. The van der Waals surface area contributed by atoms with Crippen LogP contribution in [-0.2, 0) is 0 Å². The number of benzene rings is 3. The molecule has 3 aromatic rings. The van der Waals surface area contributed by atoms with E-state index in [4.69, 9.17) is 0 Å². The Balaban J connectivity index is 2.26. The molecule has 0 spiro atoms. The van der Waals surface area contributed by atoms with Crippen molar-refractivity contribution in [2.75, 3.05) is 6.54 Å². The van der Waals surface area contributed by atoms with E-state index in [1.807, 2.05) is 49.4 Å². The molecule has 100 valence electrons. The van der Waals surface area contributed by atoms with Crippen LogP contribution in [0, 0.1) is 5.21 Å². The van der Waals surface area contributed by atoms with Gasteiger partial charge in [-0.05, 0) is 35.4 Å². The van der Waals surface area contributed by atoms with Crippen molar-refractivity contribution < 1.29 is 5.06 Å². The van der Waals surface area contributed by atoms with Gasteiger partial charge in [0, 0.05) is 5.56 Å². The summed E-state index contributed by atoms with van der Waals surface area (Å²) in [7, 11) is 0. The van der Waals surface area contributed by atoms with E-state index in [2.05, 4.69) is 24.3 Å². The topological polar surface area (TPSA) is 27.5 Å². The van der Waals surface area contributed by atoms with E-state index in [-0.39, 0.29) is 5.06 Å². The van der Waals surface area contributed by atoms with Crippen LogP contribution in [0.2, 0.25) is 0 Å². The number of fused-ring (bicyclic) bond motifs is 1. The standard InChI is InChI=1S/C18H17NO/c1-2-19(20)18-13-6-5-11-17(18)16-12-7-9-14-8-3-4-10-15(14)16/h3-13,19H,2H2,1H3. The third-order valence-corrected chi connectivity index (χ3v) is 3.63. The third kappa shape index (κ3) is 2.20. The van der Waals surface area contributed by atoms with Gasteiger partial charge >= 0.3 is 0 Å². The maximum absolute atomic E-state index is 12.1. The number of nitrogens with one attached hydrogen (secondary N) is 1. The molecule has 0 fully saturated rings. The van der Waals surface area contributed by atoms with Gasteiger partial charge in [0.05, 0.1) is 6.54 Å². The fourth-order valence-electron chi connectivity index (χ4n) is 2.61. The van der Waals surface area contributed by atoms with Crippen LogP contribution >= 0.6 is 0 Å². The predicted octanol–water partition coefficient (Wildman–Crippen LogP) is 3.54. The van der Waals surface area contributed by atoms with E-state index in [9.17, 15) is 5.21 Å². The maximum atomic E-state index is 12.1. The van der Waals surface area contributed by atoms with Crippen molar-refractivity contribution in [2.24, 2.45) is 0 Å². The quantitative estimate of drug-likeness (QED) is 0.719. The Kier molecular flexibility index (Phi) is 3.50. The Hall–Kier alpha value is -2.16. The molecule has 1 unspecified atom stereocenters. The van der Waals surface area contributed by atoms with Crippen molar-refractivity contribution in [1.29, 1.82) is 0 Å². The third-order valence-electron chi connectivity index (χ3n) is 3.63. The lowest BCUT2D eigenvalue weighted by Gasteiger charge is -2.23. The zero-order valence-electron chi connectivity index (χ0n) is 11.5. The molecule has 3 aromatic carbocycles. The minimum atomic E-state index is 0.188. The summed E-state index contributed by atoms with van der Waals surface area (Å²) in [5.74, 6) is 0. The first-order valence-corrected chi connectivity index (χ1v) is 6.91. The van der Waals surface area contributed by atoms with Crippen LogP contribution in [0.25, 0.3) is 21.9 Å². The molecule has 0 aromatic heterocycles. The van der Waals surface area contributed by atoms with Crippen molar-refractivity contribution in [1.82, 2.24) is 0 Å².